The SMILES string of the molecule is NC(C(=O)O)c1ccc(O)c(O)c1.O. The molecule has 0 aromatic heterocycles. The van der Waals surface area contributed by atoms with Gasteiger partial charge in [-0.05, 0) is 17.7 Å². The summed E-state index contributed by atoms with van der Waals surface area (Å²) in [6, 6.07) is 2.46. The average molecular weight is 201 g/mol. The van der Waals surface area contributed by atoms with Gasteiger partial charge in [-0.2, -0.15) is 0 Å². The van der Waals surface area contributed by atoms with Crippen molar-refractivity contribution in [2.45, 2.75) is 6.04 Å². The summed E-state index contributed by atoms with van der Waals surface area (Å²) in [6.45, 7) is 0. The fourth-order valence-electron chi connectivity index (χ4n) is 0.876. The highest BCUT2D eigenvalue weighted by molar-refractivity contribution is 5.75. The van der Waals surface area contributed by atoms with Crippen LogP contribution < -0.4 is 5.73 Å². The van der Waals surface area contributed by atoms with Gasteiger partial charge in [-0.25, -0.2) is 0 Å². The van der Waals surface area contributed by atoms with Crippen molar-refractivity contribution in [1.82, 2.24) is 0 Å². The van der Waals surface area contributed by atoms with Crippen molar-refractivity contribution in [3.05, 3.63) is 23.8 Å². The van der Waals surface area contributed by atoms with Crippen LogP contribution >= 0.6 is 0 Å². The summed E-state index contributed by atoms with van der Waals surface area (Å²) in [7, 11) is 0. The number of rotatable bonds is 2. The number of phenolic OH excluding ortho intramolecular Hbond substituents is 2. The Morgan fingerprint density at radius 2 is 1.86 bits per heavy atom. The molecule has 1 aromatic carbocycles. The molecule has 1 unspecified atom stereocenters. The third-order valence-corrected chi connectivity index (χ3v) is 1.62. The van der Waals surface area contributed by atoms with E-state index in [0.717, 1.165) is 6.07 Å². The van der Waals surface area contributed by atoms with Crippen LogP contribution in [0.2, 0.25) is 0 Å². The van der Waals surface area contributed by atoms with E-state index in [-0.39, 0.29) is 22.5 Å². The number of carboxylic acid groups (broad SMARTS) is 1. The lowest BCUT2D eigenvalue weighted by molar-refractivity contribution is -0.138. The molecular weight excluding hydrogens is 190 g/mol. The molecule has 6 nitrogen and oxygen atoms in total. The average Bonchev–Trinajstić information content (AvgIpc) is 2.08. The fraction of sp³-hybridized carbons (Fsp3) is 0.125. The molecule has 1 rings (SSSR count). The molecule has 0 saturated heterocycles. The Balaban J connectivity index is 0.00000169. The van der Waals surface area contributed by atoms with E-state index in [9.17, 15) is 4.79 Å². The number of nitrogens with two attached hydrogens (primary N) is 1. The highest BCUT2D eigenvalue weighted by Gasteiger charge is 2.15. The van der Waals surface area contributed by atoms with Crippen LogP contribution in [0.5, 0.6) is 11.5 Å². The summed E-state index contributed by atoms with van der Waals surface area (Å²) in [5.74, 6) is -1.87. The molecule has 0 fully saturated rings. The van der Waals surface area contributed by atoms with Crippen LogP contribution in [0.1, 0.15) is 11.6 Å². The molecule has 7 N–H and O–H groups in total. The van der Waals surface area contributed by atoms with Crippen LogP contribution in [0.4, 0.5) is 0 Å². The lowest BCUT2D eigenvalue weighted by Gasteiger charge is -2.07. The maximum absolute atomic E-state index is 10.4. The molecular formula is C8H11NO5. The minimum atomic E-state index is -1.19. The molecule has 0 heterocycles. The molecule has 0 aliphatic carbocycles. The summed E-state index contributed by atoms with van der Waals surface area (Å²) in [5.41, 5.74) is 5.50. The van der Waals surface area contributed by atoms with Gasteiger partial charge in [0.1, 0.15) is 6.04 Å². The van der Waals surface area contributed by atoms with E-state index in [0.29, 0.717) is 0 Å². The summed E-state index contributed by atoms with van der Waals surface area (Å²) in [4.78, 5) is 10.4. The van der Waals surface area contributed by atoms with Gasteiger partial charge >= 0.3 is 5.97 Å². The molecule has 0 saturated carbocycles. The monoisotopic (exact) mass is 201 g/mol. The molecule has 0 bridgehead atoms. The second-order valence-corrected chi connectivity index (χ2v) is 2.56. The number of aromatic hydroxyl groups is 2. The van der Waals surface area contributed by atoms with E-state index < -0.39 is 12.0 Å². The minimum absolute atomic E-state index is 0. The zero-order valence-electron chi connectivity index (χ0n) is 7.14. The van der Waals surface area contributed by atoms with Gasteiger partial charge in [-0.15, -0.1) is 0 Å². The molecule has 14 heavy (non-hydrogen) atoms. The van der Waals surface area contributed by atoms with E-state index in [2.05, 4.69) is 0 Å². The second kappa shape index (κ2) is 4.45. The number of carbonyl (C=O) groups is 1. The molecule has 6 heteroatoms. The van der Waals surface area contributed by atoms with E-state index in [1.54, 1.807) is 0 Å². The smallest absolute Gasteiger partial charge is 0.325 e. The minimum Gasteiger partial charge on any atom is -0.504 e. The largest absolute Gasteiger partial charge is 0.504 e. The first kappa shape index (κ1) is 12.2. The van der Waals surface area contributed by atoms with Crippen molar-refractivity contribution in [1.29, 1.82) is 0 Å². The van der Waals surface area contributed by atoms with Gasteiger partial charge in [0.25, 0.3) is 0 Å². The standard InChI is InChI=1S/C8H9NO4.H2O/c9-7(8(12)13)4-1-2-5(10)6(11)3-4;/h1-3,7,10-11H,9H2,(H,12,13);1H2. The molecule has 0 amide bonds. The molecule has 0 aliphatic rings. The summed E-state index contributed by atoms with van der Waals surface area (Å²) in [6.07, 6.45) is 0. The number of hydrogen-bond acceptors (Lipinski definition) is 4. The summed E-state index contributed by atoms with van der Waals surface area (Å²) >= 11 is 0. The van der Waals surface area contributed by atoms with Crippen LogP contribution in [0, 0.1) is 0 Å². The quantitative estimate of drug-likeness (QED) is 0.472. The molecule has 78 valence electrons. The Morgan fingerprint density at radius 3 is 2.29 bits per heavy atom. The van der Waals surface area contributed by atoms with Gasteiger partial charge in [-0.3, -0.25) is 4.79 Å². The molecule has 0 aliphatic heterocycles. The number of hydrogen-bond donors (Lipinski definition) is 4. The van der Waals surface area contributed by atoms with Crippen molar-refractivity contribution in [2.24, 2.45) is 5.73 Å². The molecule has 0 spiro atoms. The maximum Gasteiger partial charge on any atom is 0.325 e. The van der Waals surface area contributed by atoms with Gasteiger partial charge in [0.2, 0.25) is 0 Å². The normalized spacial score (nSPS) is 11.5. The lowest BCUT2D eigenvalue weighted by Crippen LogP contribution is -2.20. The summed E-state index contributed by atoms with van der Waals surface area (Å²) in [5, 5.41) is 26.5. The molecule has 0 radical (unpaired) electrons. The van der Waals surface area contributed by atoms with Crippen LogP contribution in [0.3, 0.4) is 0 Å². The van der Waals surface area contributed by atoms with Crippen LogP contribution in [-0.2, 0) is 4.79 Å². The number of phenols is 2. The molecule has 1 aromatic rings. The second-order valence-electron chi connectivity index (χ2n) is 2.56. The van der Waals surface area contributed by atoms with Crippen LogP contribution in [-0.4, -0.2) is 26.8 Å². The van der Waals surface area contributed by atoms with E-state index in [1.807, 2.05) is 0 Å². The third-order valence-electron chi connectivity index (χ3n) is 1.62. The van der Waals surface area contributed by atoms with Gasteiger partial charge in [0.15, 0.2) is 11.5 Å². The predicted octanol–water partition coefficient (Wildman–Crippen LogP) is -0.643. The topological polar surface area (TPSA) is 135 Å². The first-order chi connectivity index (χ1) is 6.02. The number of carboxylic acids is 1. The van der Waals surface area contributed by atoms with Gasteiger partial charge in [0, 0.05) is 0 Å². The highest BCUT2D eigenvalue weighted by atomic mass is 16.4. The Hall–Kier alpha value is -1.79. The Kier molecular flexibility index (Phi) is 3.88. The Morgan fingerprint density at radius 1 is 1.29 bits per heavy atom. The van der Waals surface area contributed by atoms with Crippen molar-refractivity contribution in [3.63, 3.8) is 0 Å². The first-order valence-electron chi connectivity index (χ1n) is 3.52. The zero-order valence-corrected chi connectivity index (χ0v) is 7.14. The third kappa shape index (κ3) is 2.35. The highest BCUT2D eigenvalue weighted by Crippen LogP contribution is 2.26. The van der Waals surface area contributed by atoms with E-state index >= 15 is 0 Å². The maximum atomic E-state index is 10.4. The van der Waals surface area contributed by atoms with E-state index in [1.165, 1.54) is 12.1 Å². The van der Waals surface area contributed by atoms with Crippen LogP contribution in [0.25, 0.3) is 0 Å². The van der Waals surface area contributed by atoms with Gasteiger partial charge in [-0.1, -0.05) is 6.07 Å². The lowest BCUT2D eigenvalue weighted by atomic mass is 10.1. The fourth-order valence-corrected chi connectivity index (χ4v) is 0.876. The van der Waals surface area contributed by atoms with Crippen molar-refractivity contribution >= 4 is 5.97 Å². The predicted molar refractivity (Wildman–Crippen MR) is 47.9 cm³/mol. The van der Waals surface area contributed by atoms with Crippen molar-refractivity contribution < 1.29 is 25.6 Å². The van der Waals surface area contributed by atoms with E-state index in [4.69, 9.17) is 21.1 Å². The Labute approximate surface area is 79.5 Å². The van der Waals surface area contributed by atoms with Crippen molar-refractivity contribution in [3.8, 4) is 11.5 Å². The van der Waals surface area contributed by atoms with Crippen LogP contribution in [0.15, 0.2) is 18.2 Å². The van der Waals surface area contributed by atoms with Crippen molar-refractivity contribution in [2.75, 3.05) is 0 Å². The Bertz CT molecular complexity index is 339. The number of aliphatic carboxylic acids is 1. The zero-order chi connectivity index (χ0) is 10.0. The first-order valence-corrected chi connectivity index (χ1v) is 3.52. The molecule has 1 atom stereocenters. The number of benzene rings is 1. The van der Waals surface area contributed by atoms with Gasteiger partial charge < -0.3 is 26.5 Å². The summed E-state index contributed by atoms with van der Waals surface area (Å²) < 4.78 is 0. The van der Waals surface area contributed by atoms with Gasteiger partial charge in [0.05, 0.1) is 0 Å².